The van der Waals surface area contributed by atoms with Gasteiger partial charge in [-0.1, -0.05) is 23.9 Å². The summed E-state index contributed by atoms with van der Waals surface area (Å²) in [6, 6.07) is 11.1. The second-order valence-corrected chi connectivity index (χ2v) is 4.89. The molecule has 0 unspecified atom stereocenters. The number of nitrogens with two attached hydrogens (primary N) is 1. The van der Waals surface area contributed by atoms with Crippen molar-refractivity contribution in [2.24, 2.45) is 5.73 Å². The number of ether oxygens (including phenoxy) is 1. The van der Waals surface area contributed by atoms with E-state index in [9.17, 15) is 4.79 Å². The molecule has 5 heteroatoms. The maximum Gasteiger partial charge on any atom is 0.339 e. The van der Waals surface area contributed by atoms with Crippen molar-refractivity contribution in [2.75, 3.05) is 7.11 Å². The van der Waals surface area contributed by atoms with Crippen molar-refractivity contribution < 1.29 is 9.53 Å². The molecular formula is C14H14N2O2S. The molecule has 0 aliphatic rings. The monoisotopic (exact) mass is 274 g/mol. The number of carbonyl (C=O) groups excluding carboxylic acids is 1. The number of aromatic nitrogens is 1. The molecule has 1 heterocycles. The van der Waals surface area contributed by atoms with Gasteiger partial charge in [-0.05, 0) is 24.3 Å². The lowest BCUT2D eigenvalue weighted by molar-refractivity contribution is 0.0597. The first-order valence-electron chi connectivity index (χ1n) is 5.75. The molecule has 0 fully saturated rings. The minimum Gasteiger partial charge on any atom is -0.465 e. The summed E-state index contributed by atoms with van der Waals surface area (Å²) in [5.41, 5.74) is 6.94. The van der Waals surface area contributed by atoms with E-state index in [2.05, 4.69) is 4.98 Å². The summed E-state index contributed by atoms with van der Waals surface area (Å²) in [6.07, 6.45) is 1.71. The van der Waals surface area contributed by atoms with E-state index in [4.69, 9.17) is 10.5 Å². The van der Waals surface area contributed by atoms with Crippen LogP contribution in [0.15, 0.2) is 52.4 Å². The van der Waals surface area contributed by atoms with Crippen molar-refractivity contribution in [1.82, 2.24) is 4.98 Å². The molecule has 0 aliphatic heterocycles. The normalized spacial score (nSPS) is 10.2. The zero-order chi connectivity index (χ0) is 13.7. The van der Waals surface area contributed by atoms with Crippen LogP contribution in [0.5, 0.6) is 0 Å². The molecule has 0 saturated heterocycles. The van der Waals surface area contributed by atoms with E-state index in [1.807, 2.05) is 30.3 Å². The van der Waals surface area contributed by atoms with Crippen molar-refractivity contribution in [3.05, 3.63) is 53.9 Å². The van der Waals surface area contributed by atoms with Gasteiger partial charge in [0.15, 0.2) is 0 Å². The highest BCUT2D eigenvalue weighted by atomic mass is 32.2. The second-order valence-electron chi connectivity index (χ2n) is 3.78. The number of nitrogens with zero attached hydrogens (tertiary/aromatic N) is 1. The van der Waals surface area contributed by atoms with Crippen LogP contribution in [0.3, 0.4) is 0 Å². The molecule has 0 saturated carbocycles. The molecule has 2 aromatic rings. The summed E-state index contributed by atoms with van der Waals surface area (Å²) in [7, 11) is 1.38. The summed E-state index contributed by atoms with van der Waals surface area (Å²) in [4.78, 5) is 17.7. The zero-order valence-corrected chi connectivity index (χ0v) is 11.3. The highest BCUT2D eigenvalue weighted by Crippen LogP contribution is 2.30. The lowest BCUT2D eigenvalue weighted by Crippen LogP contribution is -2.03. The number of benzene rings is 1. The van der Waals surface area contributed by atoms with E-state index >= 15 is 0 Å². The largest absolute Gasteiger partial charge is 0.465 e. The smallest absolute Gasteiger partial charge is 0.339 e. The van der Waals surface area contributed by atoms with Crippen LogP contribution in [-0.4, -0.2) is 18.1 Å². The van der Waals surface area contributed by atoms with E-state index < -0.39 is 0 Å². The van der Waals surface area contributed by atoms with Crippen molar-refractivity contribution in [1.29, 1.82) is 0 Å². The Morgan fingerprint density at radius 3 is 2.89 bits per heavy atom. The van der Waals surface area contributed by atoms with Crippen LogP contribution in [0.25, 0.3) is 0 Å². The molecule has 1 aromatic carbocycles. The Hall–Kier alpha value is -1.85. The maximum absolute atomic E-state index is 11.7. The van der Waals surface area contributed by atoms with Crippen LogP contribution in [0.1, 0.15) is 16.1 Å². The Balaban J connectivity index is 2.30. The standard InChI is InChI=1S/C14H14N2O2S/c1-18-14(17)12-4-2-3-5-13(12)19-11-6-7-16-10(8-11)9-15/h2-8H,9,15H2,1H3. The third-order valence-corrected chi connectivity index (χ3v) is 3.58. The summed E-state index contributed by atoms with van der Waals surface area (Å²) < 4.78 is 4.77. The Labute approximate surface area is 116 Å². The maximum atomic E-state index is 11.7. The molecule has 98 valence electrons. The van der Waals surface area contributed by atoms with Gasteiger partial charge in [-0.25, -0.2) is 4.79 Å². The molecule has 1 aromatic heterocycles. The SMILES string of the molecule is COC(=O)c1ccccc1Sc1ccnc(CN)c1. The molecule has 2 rings (SSSR count). The fourth-order valence-corrected chi connectivity index (χ4v) is 2.58. The van der Waals surface area contributed by atoms with Crippen LogP contribution in [0.4, 0.5) is 0 Å². The summed E-state index contributed by atoms with van der Waals surface area (Å²) in [5, 5.41) is 0. The van der Waals surface area contributed by atoms with Crippen LogP contribution >= 0.6 is 11.8 Å². The number of esters is 1. The number of methoxy groups -OCH3 is 1. The summed E-state index contributed by atoms with van der Waals surface area (Å²) >= 11 is 1.49. The quantitative estimate of drug-likeness (QED) is 0.868. The van der Waals surface area contributed by atoms with Crippen molar-refractivity contribution in [3.8, 4) is 0 Å². The van der Waals surface area contributed by atoms with Gasteiger partial charge in [0.05, 0.1) is 18.4 Å². The number of pyridine rings is 1. The van der Waals surface area contributed by atoms with E-state index in [1.54, 1.807) is 12.3 Å². The molecule has 19 heavy (non-hydrogen) atoms. The number of hydrogen-bond acceptors (Lipinski definition) is 5. The topological polar surface area (TPSA) is 65.2 Å². The fraction of sp³-hybridized carbons (Fsp3) is 0.143. The van der Waals surface area contributed by atoms with Gasteiger partial charge >= 0.3 is 5.97 Å². The van der Waals surface area contributed by atoms with Crippen LogP contribution in [0.2, 0.25) is 0 Å². The minimum absolute atomic E-state index is 0.337. The molecule has 0 spiro atoms. The summed E-state index contributed by atoms with van der Waals surface area (Å²) in [6.45, 7) is 0.396. The van der Waals surface area contributed by atoms with Crippen molar-refractivity contribution in [2.45, 2.75) is 16.3 Å². The van der Waals surface area contributed by atoms with Gasteiger partial charge in [0.2, 0.25) is 0 Å². The van der Waals surface area contributed by atoms with Gasteiger partial charge in [0, 0.05) is 22.5 Å². The van der Waals surface area contributed by atoms with E-state index in [0.717, 1.165) is 15.5 Å². The van der Waals surface area contributed by atoms with Gasteiger partial charge in [-0.3, -0.25) is 4.98 Å². The molecule has 0 radical (unpaired) electrons. The second kappa shape index (κ2) is 6.36. The highest BCUT2D eigenvalue weighted by Gasteiger charge is 2.12. The number of rotatable bonds is 4. The van der Waals surface area contributed by atoms with Gasteiger partial charge in [0.1, 0.15) is 0 Å². The van der Waals surface area contributed by atoms with Gasteiger partial charge in [-0.15, -0.1) is 0 Å². The fourth-order valence-electron chi connectivity index (χ4n) is 1.59. The Kier molecular flexibility index (Phi) is 4.54. The predicted molar refractivity (Wildman–Crippen MR) is 74.0 cm³/mol. The van der Waals surface area contributed by atoms with Gasteiger partial charge < -0.3 is 10.5 Å². The molecule has 0 bridgehead atoms. The van der Waals surface area contributed by atoms with Gasteiger partial charge in [-0.2, -0.15) is 0 Å². The van der Waals surface area contributed by atoms with Crippen LogP contribution < -0.4 is 5.73 Å². The first kappa shape index (κ1) is 13.6. The molecule has 0 amide bonds. The third kappa shape index (κ3) is 3.33. The molecule has 0 atom stereocenters. The molecule has 2 N–H and O–H groups in total. The molecular weight excluding hydrogens is 260 g/mol. The Bertz CT molecular complexity index is 587. The van der Waals surface area contributed by atoms with Crippen LogP contribution in [-0.2, 0) is 11.3 Å². The lowest BCUT2D eigenvalue weighted by atomic mass is 10.2. The highest BCUT2D eigenvalue weighted by molar-refractivity contribution is 7.99. The van der Waals surface area contributed by atoms with Crippen LogP contribution in [0, 0.1) is 0 Å². The third-order valence-electron chi connectivity index (χ3n) is 2.52. The average molecular weight is 274 g/mol. The lowest BCUT2D eigenvalue weighted by Gasteiger charge is -2.07. The van der Waals surface area contributed by atoms with E-state index in [-0.39, 0.29) is 5.97 Å². The predicted octanol–water partition coefficient (Wildman–Crippen LogP) is 2.48. The molecule has 0 aliphatic carbocycles. The first-order chi connectivity index (χ1) is 9.24. The van der Waals surface area contributed by atoms with E-state index in [1.165, 1.54) is 18.9 Å². The van der Waals surface area contributed by atoms with Gasteiger partial charge in [0.25, 0.3) is 0 Å². The first-order valence-corrected chi connectivity index (χ1v) is 6.56. The minimum atomic E-state index is -0.337. The average Bonchev–Trinajstić information content (AvgIpc) is 2.47. The summed E-state index contributed by atoms with van der Waals surface area (Å²) in [5.74, 6) is -0.337. The molecule has 4 nitrogen and oxygen atoms in total. The zero-order valence-electron chi connectivity index (χ0n) is 10.5. The van der Waals surface area contributed by atoms with Crippen molar-refractivity contribution in [3.63, 3.8) is 0 Å². The van der Waals surface area contributed by atoms with Crippen molar-refractivity contribution >= 4 is 17.7 Å². The Morgan fingerprint density at radius 2 is 2.16 bits per heavy atom. The Morgan fingerprint density at radius 1 is 1.37 bits per heavy atom. The number of hydrogen-bond donors (Lipinski definition) is 1. The van der Waals surface area contributed by atoms with E-state index in [0.29, 0.717) is 12.1 Å². The number of carbonyl (C=O) groups is 1.